The number of hydrogen-bond acceptors (Lipinski definition) is 4. The Kier molecular flexibility index (Phi) is 6.02. The molecule has 0 aliphatic heterocycles. The van der Waals surface area contributed by atoms with E-state index in [1.807, 2.05) is 42.3 Å². The zero-order valence-corrected chi connectivity index (χ0v) is 12.0. The van der Waals surface area contributed by atoms with Crippen LogP contribution in [-0.4, -0.2) is 35.3 Å². The maximum atomic E-state index is 8.92. The lowest BCUT2D eigenvalue weighted by Gasteiger charge is -2.16. The summed E-state index contributed by atoms with van der Waals surface area (Å²) in [4.78, 5) is 10.3. The standard InChI is InChI=1S/C13H14ClN3O.ClH/c1-17(6-7-18)13-8-12(15-9-16-13)10-2-4-11(14)5-3-10;/h2-5,8-9,18H,6-7H2,1H3;1H. The molecule has 1 heterocycles. The van der Waals surface area contributed by atoms with Gasteiger partial charge in [-0.25, -0.2) is 9.97 Å². The van der Waals surface area contributed by atoms with Gasteiger partial charge in [0, 0.05) is 30.2 Å². The highest BCUT2D eigenvalue weighted by Gasteiger charge is 2.05. The maximum Gasteiger partial charge on any atom is 0.132 e. The SMILES string of the molecule is CN(CCO)c1cc(-c2ccc(Cl)cc2)ncn1.Cl. The summed E-state index contributed by atoms with van der Waals surface area (Å²) in [6, 6.07) is 9.38. The van der Waals surface area contributed by atoms with E-state index < -0.39 is 0 Å². The van der Waals surface area contributed by atoms with E-state index in [-0.39, 0.29) is 19.0 Å². The first-order valence-electron chi connectivity index (χ1n) is 5.60. The number of aliphatic hydroxyl groups is 1. The summed E-state index contributed by atoms with van der Waals surface area (Å²) in [6.45, 7) is 0.633. The molecule has 2 aromatic rings. The lowest BCUT2D eigenvalue weighted by Crippen LogP contribution is -2.22. The lowest BCUT2D eigenvalue weighted by molar-refractivity contribution is 0.304. The third kappa shape index (κ3) is 4.06. The van der Waals surface area contributed by atoms with Gasteiger partial charge in [-0.2, -0.15) is 0 Å². The molecule has 0 amide bonds. The van der Waals surface area contributed by atoms with Gasteiger partial charge in [0.1, 0.15) is 12.1 Å². The molecule has 1 aromatic carbocycles. The summed E-state index contributed by atoms with van der Waals surface area (Å²) in [5.74, 6) is 0.781. The molecule has 0 saturated carbocycles. The van der Waals surface area contributed by atoms with Crippen LogP contribution in [0.1, 0.15) is 0 Å². The van der Waals surface area contributed by atoms with Crippen molar-refractivity contribution in [2.75, 3.05) is 25.1 Å². The Labute approximate surface area is 123 Å². The summed E-state index contributed by atoms with van der Waals surface area (Å²) in [6.07, 6.45) is 1.52. The van der Waals surface area contributed by atoms with E-state index in [0.717, 1.165) is 17.1 Å². The van der Waals surface area contributed by atoms with Crippen LogP contribution in [0.15, 0.2) is 36.7 Å². The predicted octanol–water partition coefficient (Wildman–Crippen LogP) is 2.65. The first-order valence-corrected chi connectivity index (χ1v) is 5.98. The van der Waals surface area contributed by atoms with E-state index in [9.17, 15) is 0 Å². The van der Waals surface area contributed by atoms with Crippen molar-refractivity contribution in [1.29, 1.82) is 0 Å². The van der Waals surface area contributed by atoms with Crippen LogP contribution in [0.5, 0.6) is 0 Å². The van der Waals surface area contributed by atoms with Gasteiger partial charge in [0.2, 0.25) is 0 Å². The summed E-state index contributed by atoms with van der Waals surface area (Å²) in [7, 11) is 1.88. The number of benzene rings is 1. The monoisotopic (exact) mass is 299 g/mol. The number of aliphatic hydroxyl groups excluding tert-OH is 1. The van der Waals surface area contributed by atoms with Crippen LogP contribution < -0.4 is 4.90 Å². The molecule has 1 N–H and O–H groups in total. The van der Waals surface area contributed by atoms with Gasteiger partial charge in [0.25, 0.3) is 0 Å². The molecule has 0 fully saturated rings. The summed E-state index contributed by atoms with van der Waals surface area (Å²) in [5.41, 5.74) is 1.82. The van der Waals surface area contributed by atoms with Gasteiger partial charge in [0.05, 0.1) is 12.3 Å². The van der Waals surface area contributed by atoms with Crippen LogP contribution in [0.4, 0.5) is 5.82 Å². The molecule has 2 rings (SSSR count). The fourth-order valence-corrected chi connectivity index (χ4v) is 1.72. The number of halogens is 2. The first kappa shape index (κ1) is 15.7. The molecule has 0 aliphatic rings. The summed E-state index contributed by atoms with van der Waals surface area (Å²) in [5, 5.41) is 9.61. The average molecular weight is 300 g/mol. The molecule has 0 bridgehead atoms. The van der Waals surface area contributed by atoms with E-state index in [4.69, 9.17) is 16.7 Å². The Bertz CT molecular complexity index is 520. The number of hydrogen-bond donors (Lipinski definition) is 1. The Balaban J connectivity index is 0.00000180. The first-order chi connectivity index (χ1) is 8.70. The zero-order chi connectivity index (χ0) is 13.0. The molecule has 0 radical (unpaired) electrons. The fourth-order valence-electron chi connectivity index (χ4n) is 1.60. The highest BCUT2D eigenvalue weighted by molar-refractivity contribution is 6.30. The summed E-state index contributed by atoms with van der Waals surface area (Å²) < 4.78 is 0. The Morgan fingerprint density at radius 3 is 2.53 bits per heavy atom. The molecule has 0 spiro atoms. The Morgan fingerprint density at radius 1 is 1.21 bits per heavy atom. The topological polar surface area (TPSA) is 49.2 Å². The van der Waals surface area contributed by atoms with Crippen LogP contribution in [0.2, 0.25) is 5.02 Å². The maximum absolute atomic E-state index is 8.92. The van der Waals surface area contributed by atoms with Crippen LogP contribution in [0.3, 0.4) is 0 Å². The zero-order valence-electron chi connectivity index (χ0n) is 10.5. The minimum Gasteiger partial charge on any atom is -0.395 e. The van der Waals surface area contributed by atoms with Gasteiger partial charge in [-0.15, -0.1) is 12.4 Å². The number of anilines is 1. The van der Waals surface area contributed by atoms with Crippen molar-refractivity contribution in [2.45, 2.75) is 0 Å². The minimum atomic E-state index is 0. The molecule has 1 aromatic heterocycles. The smallest absolute Gasteiger partial charge is 0.132 e. The van der Waals surface area contributed by atoms with Crippen molar-refractivity contribution in [3.63, 3.8) is 0 Å². The van der Waals surface area contributed by atoms with Crippen LogP contribution in [0.25, 0.3) is 11.3 Å². The van der Waals surface area contributed by atoms with Gasteiger partial charge in [0.15, 0.2) is 0 Å². The molecule has 0 unspecified atom stereocenters. The van der Waals surface area contributed by atoms with E-state index in [1.165, 1.54) is 6.33 Å². The molecule has 102 valence electrons. The molecule has 19 heavy (non-hydrogen) atoms. The second kappa shape index (κ2) is 7.28. The molecule has 6 heteroatoms. The lowest BCUT2D eigenvalue weighted by atomic mass is 10.1. The molecule has 0 atom stereocenters. The second-order valence-electron chi connectivity index (χ2n) is 3.91. The third-order valence-electron chi connectivity index (χ3n) is 2.62. The highest BCUT2D eigenvalue weighted by atomic mass is 35.5. The Hall–Kier alpha value is -1.36. The predicted molar refractivity (Wildman–Crippen MR) is 80.1 cm³/mol. The normalized spacial score (nSPS) is 9.84. The van der Waals surface area contributed by atoms with Crippen LogP contribution in [0, 0.1) is 0 Å². The number of aromatic nitrogens is 2. The van der Waals surface area contributed by atoms with E-state index in [0.29, 0.717) is 11.6 Å². The molecular formula is C13H15Cl2N3O. The van der Waals surface area contributed by atoms with E-state index in [1.54, 1.807) is 0 Å². The average Bonchev–Trinajstić information content (AvgIpc) is 2.40. The van der Waals surface area contributed by atoms with Crippen molar-refractivity contribution < 1.29 is 5.11 Å². The molecule has 0 aliphatic carbocycles. The molecule has 4 nitrogen and oxygen atoms in total. The summed E-state index contributed by atoms with van der Waals surface area (Å²) >= 11 is 5.85. The van der Waals surface area contributed by atoms with Crippen LogP contribution in [-0.2, 0) is 0 Å². The van der Waals surface area contributed by atoms with Crippen molar-refractivity contribution in [3.8, 4) is 11.3 Å². The van der Waals surface area contributed by atoms with Gasteiger partial charge < -0.3 is 10.0 Å². The van der Waals surface area contributed by atoms with E-state index in [2.05, 4.69) is 9.97 Å². The largest absolute Gasteiger partial charge is 0.395 e. The number of rotatable bonds is 4. The minimum absolute atomic E-state index is 0. The highest BCUT2D eigenvalue weighted by Crippen LogP contribution is 2.21. The van der Waals surface area contributed by atoms with Crippen molar-refractivity contribution in [3.05, 3.63) is 41.7 Å². The molecular weight excluding hydrogens is 285 g/mol. The van der Waals surface area contributed by atoms with Gasteiger partial charge in [-0.1, -0.05) is 23.7 Å². The number of nitrogens with zero attached hydrogens (tertiary/aromatic N) is 3. The Morgan fingerprint density at radius 2 is 1.89 bits per heavy atom. The third-order valence-corrected chi connectivity index (χ3v) is 2.87. The fraction of sp³-hybridized carbons (Fsp3) is 0.231. The van der Waals surface area contributed by atoms with Crippen LogP contribution >= 0.6 is 24.0 Å². The van der Waals surface area contributed by atoms with Gasteiger partial charge in [-0.05, 0) is 12.1 Å². The van der Waals surface area contributed by atoms with Gasteiger partial charge in [-0.3, -0.25) is 0 Å². The van der Waals surface area contributed by atoms with Gasteiger partial charge >= 0.3 is 0 Å². The quantitative estimate of drug-likeness (QED) is 0.943. The molecule has 0 saturated heterocycles. The van der Waals surface area contributed by atoms with Crippen molar-refractivity contribution >= 4 is 29.8 Å². The van der Waals surface area contributed by atoms with E-state index >= 15 is 0 Å². The van der Waals surface area contributed by atoms with Crippen molar-refractivity contribution in [2.24, 2.45) is 0 Å². The van der Waals surface area contributed by atoms with Crippen molar-refractivity contribution in [1.82, 2.24) is 9.97 Å². The second-order valence-corrected chi connectivity index (χ2v) is 4.35. The number of likely N-dealkylation sites (N-methyl/N-ethyl adjacent to an activating group) is 1.